The first-order valence-electron chi connectivity index (χ1n) is 8.20. The molecule has 0 aliphatic heterocycles. The van der Waals surface area contributed by atoms with Crippen molar-refractivity contribution in [3.05, 3.63) is 35.2 Å². The summed E-state index contributed by atoms with van der Waals surface area (Å²) in [7, 11) is 3.28. The van der Waals surface area contributed by atoms with Crippen molar-refractivity contribution >= 4 is 57.3 Å². The zero-order chi connectivity index (χ0) is 18.4. The summed E-state index contributed by atoms with van der Waals surface area (Å²) >= 11 is 1.59. The fourth-order valence-corrected chi connectivity index (χ4v) is 3.46. The number of carbonyl (C=O) groups excluding carboxylic acids is 1. The summed E-state index contributed by atoms with van der Waals surface area (Å²) in [5.74, 6) is 0.512. The largest absolute Gasteiger partial charge is 0.386 e. The number of amides is 1. The van der Waals surface area contributed by atoms with E-state index in [-0.39, 0.29) is 29.9 Å². The maximum atomic E-state index is 11.8. The molecule has 1 atom stereocenters. The van der Waals surface area contributed by atoms with E-state index in [1.165, 1.54) is 0 Å². The van der Waals surface area contributed by atoms with E-state index in [2.05, 4.69) is 20.9 Å². The number of thiophene rings is 1. The molecule has 1 amide bonds. The first kappa shape index (κ1) is 22.7. The number of aliphatic hydroxyl groups is 1. The van der Waals surface area contributed by atoms with E-state index in [0.717, 1.165) is 15.0 Å². The van der Waals surface area contributed by atoms with E-state index >= 15 is 0 Å². The van der Waals surface area contributed by atoms with Crippen molar-refractivity contribution < 1.29 is 9.90 Å². The molecule has 2 rings (SSSR count). The van der Waals surface area contributed by atoms with Crippen LogP contribution in [-0.2, 0) is 4.79 Å². The molecule has 0 spiro atoms. The Kier molecular flexibility index (Phi) is 8.78. The molecular formula is C18H27IN4O2S. The SMILES string of the molecule is CN=C(NCC(O)c1cc2ccccc2s1)NCC(C)(C)C(=O)NC.I. The molecule has 2 aromatic rings. The van der Waals surface area contributed by atoms with Crippen molar-refractivity contribution in [2.24, 2.45) is 10.4 Å². The van der Waals surface area contributed by atoms with Gasteiger partial charge >= 0.3 is 0 Å². The van der Waals surface area contributed by atoms with E-state index in [9.17, 15) is 9.90 Å². The Morgan fingerprint density at radius 2 is 2.00 bits per heavy atom. The van der Waals surface area contributed by atoms with Crippen LogP contribution < -0.4 is 16.0 Å². The maximum Gasteiger partial charge on any atom is 0.227 e. The molecule has 0 fully saturated rings. The van der Waals surface area contributed by atoms with E-state index < -0.39 is 11.5 Å². The van der Waals surface area contributed by atoms with Gasteiger partial charge in [0.2, 0.25) is 5.91 Å². The third kappa shape index (κ3) is 5.82. The minimum absolute atomic E-state index is 0. The summed E-state index contributed by atoms with van der Waals surface area (Å²) in [6, 6.07) is 10.1. The number of hydrogen-bond acceptors (Lipinski definition) is 4. The second-order valence-electron chi connectivity index (χ2n) is 6.47. The van der Waals surface area contributed by atoms with Gasteiger partial charge in [-0.1, -0.05) is 18.2 Å². The number of nitrogens with zero attached hydrogens (tertiary/aromatic N) is 1. The zero-order valence-electron chi connectivity index (χ0n) is 15.5. The van der Waals surface area contributed by atoms with Crippen LogP contribution in [0.4, 0.5) is 0 Å². The van der Waals surface area contributed by atoms with Gasteiger partial charge in [0.15, 0.2) is 5.96 Å². The van der Waals surface area contributed by atoms with Crippen LogP contribution in [0.5, 0.6) is 0 Å². The number of rotatable bonds is 6. The molecule has 6 nitrogen and oxygen atoms in total. The third-order valence-corrected chi connectivity index (χ3v) is 5.22. The Hall–Kier alpha value is -1.39. The van der Waals surface area contributed by atoms with Gasteiger partial charge in [-0.2, -0.15) is 0 Å². The van der Waals surface area contributed by atoms with Crippen molar-refractivity contribution in [1.29, 1.82) is 0 Å². The van der Waals surface area contributed by atoms with Crippen molar-refractivity contribution in [3.63, 3.8) is 0 Å². The number of halogens is 1. The van der Waals surface area contributed by atoms with Gasteiger partial charge in [-0.25, -0.2) is 0 Å². The third-order valence-electron chi connectivity index (χ3n) is 4.00. The van der Waals surface area contributed by atoms with Crippen LogP contribution in [0.25, 0.3) is 10.1 Å². The van der Waals surface area contributed by atoms with Gasteiger partial charge in [-0.3, -0.25) is 9.79 Å². The lowest BCUT2D eigenvalue weighted by Crippen LogP contribution is -2.47. The smallest absolute Gasteiger partial charge is 0.227 e. The molecule has 0 saturated carbocycles. The predicted molar refractivity (Wildman–Crippen MR) is 119 cm³/mol. The second kappa shape index (κ2) is 10.1. The van der Waals surface area contributed by atoms with E-state index in [4.69, 9.17) is 0 Å². The summed E-state index contributed by atoms with van der Waals surface area (Å²) in [6.07, 6.45) is -0.622. The van der Waals surface area contributed by atoms with E-state index in [1.807, 2.05) is 44.2 Å². The van der Waals surface area contributed by atoms with Crippen LogP contribution in [0.3, 0.4) is 0 Å². The minimum atomic E-state index is -0.622. The van der Waals surface area contributed by atoms with Crippen LogP contribution in [0.1, 0.15) is 24.8 Å². The van der Waals surface area contributed by atoms with Crippen molar-refractivity contribution in [3.8, 4) is 0 Å². The molecule has 0 bridgehead atoms. The van der Waals surface area contributed by atoms with Gasteiger partial charge in [0.05, 0.1) is 5.41 Å². The van der Waals surface area contributed by atoms with E-state index in [1.54, 1.807) is 25.4 Å². The number of benzene rings is 1. The summed E-state index contributed by atoms with van der Waals surface area (Å²) in [4.78, 5) is 16.9. The van der Waals surface area contributed by atoms with Crippen molar-refractivity contribution in [1.82, 2.24) is 16.0 Å². The highest BCUT2D eigenvalue weighted by Gasteiger charge is 2.26. The van der Waals surface area contributed by atoms with Gasteiger partial charge < -0.3 is 21.1 Å². The first-order chi connectivity index (χ1) is 11.9. The Morgan fingerprint density at radius 3 is 2.62 bits per heavy atom. The number of aliphatic imine (C=N–C) groups is 1. The molecule has 1 aromatic heterocycles. The normalized spacial score (nSPS) is 13.0. The van der Waals surface area contributed by atoms with Gasteiger partial charge in [-0.05, 0) is 31.4 Å². The first-order valence-corrected chi connectivity index (χ1v) is 9.02. The van der Waals surface area contributed by atoms with Gasteiger partial charge in [-0.15, -0.1) is 35.3 Å². The Bertz CT molecular complexity index is 727. The van der Waals surface area contributed by atoms with Crippen LogP contribution in [-0.4, -0.2) is 44.2 Å². The molecule has 1 heterocycles. The average Bonchev–Trinajstić information content (AvgIpc) is 3.05. The molecule has 0 radical (unpaired) electrons. The van der Waals surface area contributed by atoms with Crippen LogP contribution >= 0.6 is 35.3 Å². The van der Waals surface area contributed by atoms with Crippen molar-refractivity contribution in [2.75, 3.05) is 27.2 Å². The Balaban J connectivity index is 0.00000338. The highest BCUT2D eigenvalue weighted by Crippen LogP contribution is 2.29. The number of carbonyl (C=O) groups is 1. The van der Waals surface area contributed by atoms with Gasteiger partial charge in [0.25, 0.3) is 0 Å². The van der Waals surface area contributed by atoms with Gasteiger partial charge in [0.1, 0.15) is 6.10 Å². The fourth-order valence-electron chi connectivity index (χ4n) is 2.40. The highest BCUT2D eigenvalue weighted by molar-refractivity contribution is 14.0. The average molecular weight is 490 g/mol. The number of nitrogens with one attached hydrogen (secondary N) is 3. The molecule has 0 saturated heterocycles. The van der Waals surface area contributed by atoms with Crippen LogP contribution in [0, 0.1) is 5.41 Å². The number of aliphatic hydroxyl groups excluding tert-OH is 1. The molecular weight excluding hydrogens is 463 g/mol. The summed E-state index contributed by atoms with van der Waals surface area (Å²) in [5.41, 5.74) is -0.559. The molecule has 8 heteroatoms. The molecule has 0 aliphatic rings. The fraction of sp³-hybridized carbons (Fsp3) is 0.444. The molecule has 4 N–H and O–H groups in total. The second-order valence-corrected chi connectivity index (χ2v) is 7.59. The maximum absolute atomic E-state index is 11.8. The summed E-state index contributed by atoms with van der Waals surface area (Å²) in [5, 5.41) is 20.4. The van der Waals surface area contributed by atoms with Crippen LogP contribution in [0.15, 0.2) is 35.3 Å². The summed E-state index contributed by atoms with van der Waals surface area (Å²) in [6.45, 7) is 4.49. The predicted octanol–water partition coefficient (Wildman–Crippen LogP) is 2.49. The Labute approximate surface area is 175 Å². The number of fused-ring (bicyclic) bond motifs is 1. The van der Waals surface area contributed by atoms with Crippen LogP contribution in [0.2, 0.25) is 0 Å². The standard InChI is InChI=1S/C18H26N4O2S.HI/c1-18(2,16(24)19-3)11-22-17(20-4)21-10-13(23)15-9-12-7-5-6-8-14(12)25-15;/h5-9,13,23H,10-11H2,1-4H3,(H,19,24)(H2,20,21,22);1H. The molecule has 1 aromatic carbocycles. The minimum Gasteiger partial charge on any atom is -0.386 e. The summed E-state index contributed by atoms with van der Waals surface area (Å²) < 4.78 is 1.16. The quantitative estimate of drug-likeness (QED) is 0.285. The van der Waals surface area contributed by atoms with Crippen molar-refractivity contribution in [2.45, 2.75) is 20.0 Å². The molecule has 26 heavy (non-hydrogen) atoms. The monoisotopic (exact) mass is 490 g/mol. The van der Waals surface area contributed by atoms with Gasteiger partial charge in [0, 0.05) is 36.8 Å². The molecule has 1 unspecified atom stereocenters. The zero-order valence-corrected chi connectivity index (χ0v) is 18.6. The molecule has 144 valence electrons. The topological polar surface area (TPSA) is 85.8 Å². The lowest BCUT2D eigenvalue weighted by molar-refractivity contribution is -0.128. The Morgan fingerprint density at radius 1 is 1.31 bits per heavy atom. The highest BCUT2D eigenvalue weighted by atomic mass is 127. The number of guanidine groups is 1. The lowest BCUT2D eigenvalue weighted by atomic mass is 9.92. The number of hydrogen-bond donors (Lipinski definition) is 4. The lowest BCUT2D eigenvalue weighted by Gasteiger charge is -2.24. The molecule has 0 aliphatic carbocycles. The van der Waals surface area contributed by atoms with E-state index in [0.29, 0.717) is 19.0 Å².